The summed E-state index contributed by atoms with van der Waals surface area (Å²) in [4.78, 5) is 21.6. The van der Waals surface area contributed by atoms with Gasteiger partial charge in [-0.3, -0.25) is 4.79 Å². The number of pyridine rings is 1. The van der Waals surface area contributed by atoms with Crippen molar-refractivity contribution in [3.63, 3.8) is 0 Å². The van der Waals surface area contributed by atoms with Gasteiger partial charge in [0.25, 0.3) is 5.91 Å². The molecule has 3 rings (SSSR count). The van der Waals surface area contributed by atoms with Crippen molar-refractivity contribution >= 4 is 21.8 Å². The Kier molecular flexibility index (Phi) is 7.34. The first-order chi connectivity index (χ1) is 13.4. The molecule has 0 radical (unpaired) electrons. The molecule has 0 aromatic carbocycles. The zero-order valence-electron chi connectivity index (χ0n) is 17.1. The highest BCUT2D eigenvalue weighted by Crippen LogP contribution is 2.29. The zero-order valence-corrected chi connectivity index (χ0v) is 18.7. The minimum atomic E-state index is -0.253. The molecule has 0 saturated heterocycles. The topological polar surface area (TPSA) is 65.9 Å². The number of amides is 1. The van der Waals surface area contributed by atoms with Crippen LogP contribution < -0.4 is 4.74 Å². The molecule has 1 aliphatic carbocycles. The number of nitrogens with zero attached hydrogens (tertiary/aromatic N) is 3. The smallest absolute Gasteiger partial charge is 0.259 e. The summed E-state index contributed by atoms with van der Waals surface area (Å²) in [5, 5.41) is 9.67. The summed E-state index contributed by atoms with van der Waals surface area (Å²) >= 11 is 3.41. The molecule has 1 fully saturated rings. The van der Waals surface area contributed by atoms with E-state index in [9.17, 15) is 9.90 Å². The number of hydrogen-bond acceptors (Lipinski definition) is 5. The maximum absolute atomic E-state index is 13.1. The summed E-state index contributed by atoms with van der Waals surface area (Å²) in [5.41, 5.74) is 0.449. The van der Waals surface area contributed by atoms with E-state index in [0.29, 0.717) is 18.0 Å². The van der Waals surface area contributed by atoms with Crippen LogP contribution in [0.1, 0.15) is 49.9 Å². The van der Waals surface area contributed by atoms with Crippen molar-refractivity contribution < 1.29 is 14.6 Å². The second-order valence-electron chi connectivity index (χ2n) is 8.50. The van der Waals surface area contributed by atoms with Gasteiger partial charge in [0.15, 0.2) is 0 Å². The number of fused-ring (bicyclic) bond motifs is 1. The van der Waals surface area contributed by atoms with Gasteiger partial charge in [0, 0.05) is 36.2 Å². The predicted octanol–water partition coefficient (Wildman–Crippen LogP) is 3.19. The number of halogens is 1. The van der Waals surface area contributed by atoms with Gasteiger partial charge in [-0.05, 0) is 54.7 Å². The number of ether oxygens (including phenoxy) is 1. The van der Waals surface area contributed by atoms with Crippen LogP contribution in [0.4, 0.5) is 0 Å². The predicted molar refractivity (Wildman–Crippen MR) is 113 cm³/mol. The Morgan fingerprint density at radius 2 is 2.11 bits per heavy atom. The quantitative estimate of drug-likeness (QED) is 0.716. The molecule has 28 heavy (non-hydrogen) atoms. The minimum absolute atomic E-state index is 0.0671. The maximum Gasteiger partial charge on any atom is 0.259 e. The van der Waals surface area contributed by atoms with Crippen molar-refractivity contribution in [1.29, 1.82) is 0 Å². The molecule has 1 N–H and O–H groups in total. The Balaban J connectivity index is 1.82. The maximum atomic E-state index is 13.1. The molecule has 0 spiro atoms. The van der Waals surface area contributed by atoms with E-state index in [2.05, 4.69) is 39.8 Å². The van der Waals surface area contributed by atoms with Crippen molar-refractivity contribution in [2.45, 2.75) is 51.7 Å². The third-order valence-electron chi connectivity index (χ3n) is 6.02. The van der Waals surface area contributed by atoms with Crippen molar-refractivity contribution in [2.24, 2.45) is 11.8 Å². The fourth-order valence-corrected chi connectivity index (χ4v) is 4.64. The highest BCUT2D eigenvalue weighted by atomic mass is 79.9. The van der Waals surface area contributed by atoms with Gasteiger partial charge in [0.05, 0.1) is 12.6 Å². The van der Waals surface area contributed by atoms with E-state index >= 15 is 0 Å². The Hall–Kier alpha value is -1.18. The number of carbonyl (C=O) groups is 1. The number of hydrogen-bond donors (Lipinski definition) is 1. The van der Waals surface area contributed by atoms with Gasteiger partial charge < -0.3 is 19.6 Å². The van der Waals surface area contributed by atoms with Gasteiger partial charge in [0.1, 0.15) is 11.7 Å². The van der Waals surface area contributed by atoms with Gasteiger partial charge in [0.2, 0.25) is 5.88 Å². The summed E-state index contributed by atoms with van der Waals surface area (Å²) in [6.45, 7) is 6.35. The van der Waals surface area contributed by atoms with E-state index in [0.717, 1.165) is 23.5 Å². The van der Waals surface area contributed by atoms with Crippen molar-refractivity contribution in [2.75, 3.05) is 33.3 Å². The molecule has 1 aromatic heterocycles. The molecule has 1 saturated carbocycles. The molecule has 2 aliphatic rings. The summed E-state index contributed by atoms with van der Waals surface area (Å²) in [5.74, 6) is 1.15. The van der Waals surface area contributed by atoms with Crippen LogP contribution in [0.3, 0.4) is 0 Å². The van der Waals surface area contributed by atoms with Crippen LogP contribution in [0, 0.1) is 11.8 Å². The molecule has 3 atom stereocenters. The van der Waals surface area contributed by atoms with Crippen LogP contribution in [-0.2, 0) is 0 Å². The van der Waals surface area contributed by atoms with Gasteiger partial charge in [-0.15, -0.1) is 0 Å². The SMILES string of the molecule is C[C@H](CO)N1C[C@H](C)[C@@H](CN(C)CC2CCCC2)Oc2ncc(Br)cc2C1=O. The lowest BCUT2D eigenvalue weighted by Gasteiger charge is -2.38. The largest absolute Gasteiger partial charge is 0.472 e. The van der Waals surface area contributed by atoms with E-state index in [4.69, 9.17) is 4.74 Å². The number of likely N-dealkylation sites (N-methyl/N-ethyl adjacent to an activating group) is 1. The van der Waals surface area contributed by atoms with E-state index in [-0.39, 0.29) is 30.6 Å². The van der Waals surface area contributed by atoms with Gasteiger partial charge in [-0.1, -0.05) is 19.8 Å². The van der Waals surface area contributed by atoms with Gasteiger partial charge >= 0.3 is 0 Å². The van der Waals surface area contributed by atoms with E-state index in [1.54, 1.807) is 17.2 Å². The molecule has 0 bridgehead atoms. The van der Waals surface area contributed by atoms with E-state index in [1.807, 2.05) is 6.92 Å². The third kappa shape index (κ3) is 5.05. The van der Waals surface area contributed by atoms with Crippen LogP contribution in [-0.4, -0.2) is 71.2 Å². The lowest BCUT2D eigenvalue weighted by atomic mass is 9.99. The standard InChI is InChI=1S/C21H32BrN3O3/c1-14-10-25(15(2)13-26)21(27)18-8-17(22)9-23-20(18)28-19(14)12-24(3)11-16-6-4-5-7-16/h8-9,14-16,19,26H,4-7,10-13H2,1-3H3/t14-,15+,19+/m0/s1. The number of carbonyl (C=O) groups excluding carboxylic acids is 1. The number of rotatable bonds is 6. The zero-order chi connectivity index (χ0) is 20.3. The highest BCUT2D eigenvalue weighted by Gasteiger charge is 2.34. The highest BCUT2D eigenvalue weighted by molar-refractivity contribution is 9.10. The molecule has 0 unspecified atom stereocenters. The second kappa shape index (κ2) is 9.55. The fourth-order valence-electron chi connectivity index (χ4n) is 4.31. The van der Waals surface area contributed by atoms with Crippen molar-refractivity contribution in [3.8, 4) is 5.88 Å². The molecule has 2 heterocycles. The Bertz CT molecular complexity index is 681. The van der Waals surface area contributed by atoms with E-state index < -0.39 is 0 Å². The average molecular weight is 454 g/mol. The lowest BCUT2D eigenvalue weighted by Crippen LogP contribution is -2.50. The van der Waals surface area contributed by atoms with Crippen LogP contribution in [0.2, 0.25) is 0 Å². The molecule has 7 heteroatoms. The Labute approximate surface area is 176 Å². The summed E-state index contributed by atoms with van der Waals surface area (Å²) in [6.07, 6.45) is 6.92. The first kappa shape index (κ1) is 21.5. The Morgan fingerprint density at radius 1 is 1.39 bits per heavy atom. The van der Waals surface area contributed by atoms with Crippen LogP contribution in [0.5, 0.6) is 5.88 Å². The molecule has 1 aromatic rings. The van der Waals surface area contributed by atoms with Gasteiger partial charge in [-0.2, -0.15) is 0 Å². The number of aromatic nitrogens is 1. The normalized spacial score (nSPS) is 24.6. The second-order valence-corrected chi connectivity index (χ2v) is 9.42. The summed E-state index contributed by atoms with van der Waals surface area (Å²) < 4.78 is 7.03. The Morgan fingerprint density at radius 3 is 2.79 bits per heavy atom. The molecule has 1 amide bonds. The van der Waals surface area contributed by atoms with Crippen molar-refractivity contribution in [3.05, 3.63) is 22.3 Å². The van der Waals surface area contributed by atoms with Crippen molar-refractivity contribution in [1.82, 2.24) is 14.8 Å². The first-order valence-corrected chi connectivity index (χ1v) is 11.1. The van der Waals surface area contributed by atoms with Crippen LogP contribution in [0.25, 0.3) is 0 Å². The van der Waals surface area contributed by atoms with Gasteiger partial charge in [-0.25, -0.2) is 4.98 Å². The van der Waals surface area contributed by atoms with E-state index in [1.165, 1.54) is 25.7 Å². The van der Waals surface area contributed by atoms with Crippen LogP contribution in [0.15, 0.2) is 16.7 Å². The molecule has 156 valence electrons. The number of aliphatic hydroxyl groups excluding tert-OH is 1. The molecule has 1 aliphatic heterocycles. The summed E-state index contributed by atoms with van der Waals surface area (Å²) in [6, 6.07) is 1.51. The number of aliphatic hydroxyl groups is 1. The molecular formula is C21H32BrN3O3. The fraction of sp³-hybridized carbons (Fsp3) is 0.714. The first-order valence-electron chi connectivity index (χ1n) is 10.3. The third-order valence-corrected chi connectivity index (χ3v) is 6.46. The molecule has 6 nitrogen and oxygen atoms in total. The monoisotopic (exact) mass is 453 g/mol. The minimum Gasteiger partial charge on any atom is -0.472 e. The molecular weight excluding hydrogens is 422 g/mol. The lowest BCUT2D eigenvalue weighted by molar-refractivity contribution is 0.0319. The summed E-state index contributed by atoms with van der Waals surface area (Å²) in [7, 11) is 2.16. The van der Waals surface area contributed by atoms with Crippen LogP contribution >= 0.6 is 15.9 Å². The average Bonchev–Trinajstić information content (AvgIpc) is 3.17.